The molecule has 140 valence electrons. The molecule has 0 aliphatic carbocycles. The molecule has 6 nitrogen and oxygen atoms in total. The molecule has 0 atom stereocenters. The van der Waals surface area contributed by atoms with E-state index in [1.165, 1.54) is 18.3 Å². The standard InChI is InChI=1S/C19H17F2N3O3/c20-19(21)27-14-7-5-13(6-8-14)11-22-18(26)9-10-24-16-4-2-1-3-15(16)17(25)12-23-24/h1-8,12,19H,9-11H2,(H,22,26). The molecule has 0 unspecified atom stereocenters. The van der Waals surface area contributed by atoms with E-state index in [1.807, 2.05) is 0 Å². The molecule has 1 heterocycles. The number of halogens is 2. The largest absolute Gasteiger partial charge is 0.435 e. The smallest absolute Gasteiger partial charge is 0.387 e. The van der Waals surface area contributed by atoms with Crippen molar-refractivity contribution in [2.24, 2.45) is 0 Å². The van der Waals surface area contributed by atoms with E-state index in [1.54, 1.807) is 41.1 Å². The van der Waals surface area contributed by atoms with Crippen molar-refractivity contribution in [1.82, 2.24) is 15.1 Å². The molecule has 0 radical (unpaired) electrons. The molecule has 0 aliphatic heterocycles. The number of benzene rings is 2. The number of ether oxygens (including phenoxy) is 1. The Morgan fingerprint density at radius 2 is 1.89 bits per heavy atom. The molecular formula is C19H17F2N3O3. The van der Waals surface area contributed by atoms with Crippen LogP contribution in [0.5, 0.6) is 5.75 Å². The van der Waals surface area contributed by atoms with Gasteiger partial charge in [-0.1, -0.05) is 24.3 Å². The van der Waals surface area contributed by atoms with Gasteiger partial charge >= 0.3 is 6.61 Å². The van der Waals surface area contributed by atoms with Crippen molar-refractivity contribution in [3.05, 3.63) is 70.5 Å². The summed E-state index contributed by atoms with van der Waals surface area (Å²) >= 11 is 0. The summed E-state index contributed by atoms with van der Waals surface area (Å²) in [5, 5.41) is 7.39. The summed E-state index contributed by atoms with van der Waals surface area (Å²) in [4.78, 5) is 23.9. The Hall–Kier alpha value is -3.29. The molecule has 27 heavy (non-hydrogen) atoms. The maximum Gasteiger partial charge on any atom is 0.387 e. The van der Waals surface area contributed by atoms with Crippen molar-refractivity contribution in [2.45, 2.75) is 26.1 Å². The lowest BCUT2D eigenvalue weighted by atomic mass is 10.2. The summed E-state index contributed by atoms with van der Waals surface area (Å²) in [6, 6.07) is 13.1. The van der Waals surface area contributed by atoms with E-state index in [9.17, 15) is 18.4 Å². The predicted octanol–water partition coefficient (Wildman–Crippen LogP) is 2.70. The van der Waals surface area contributed by atoms with Gasteiger partial charge in [-0.05, 0) is 29.8 Å². The Morgan fingerprint density at radius 3 is 2.63 bits per heavy atom. The second-order valence-corrected chi connectivity index (χ2v) is 5.80. The lowest BCUT2D eigenvalue weighted by molar-refractivity contribution is -0.121. The number of aromatic nitrogens is 2. The lowest BCUT2D eigenvalue weighted by Gasteiger charge is -2.10. The maximum atomic E-state index is 12.1. The molecule has 0 saturated heterocycles. The third kappa shape index (κ3) is 4.87. The normalized spacial score (nSPS) is 10.9. The fourth-order valence-corrected chi connectivity index (χ4v) is 2.62. The number of hydrogen-bond donors (Lipinski definition) is 1. The Morgan fingerprint density at radius 1 is 1.15 bits per heavy atom. The number of amides is 1. The number of hydrogen-bond acceptors (Lipinski definition) is 4. The van der Waals surface area contributed by atoms with E-state index in [0.717, 1.165) is 5.56 Å². The van der Waals surface area contributed by atoms with Crippen LogP contribution in [0.4, 0.5) is 8.78 Å². The molecule has 3 aromatic rings. The van der Waals surface area contributed by atoms with E-state index in [2.05, 4.69) is 15.2 Å². The van der Waals surface area contributed by atoms with E-state index in [-0.39, 0.29) is 30.1 Å². The molecule has 1 amide bonds. The summed E-state index contributed by atoms with van der Waals surface area (Å²) in [7, 11) is 0. The first kappa shape index (κ1) is 18.5. The Kier molecular flexibility index (Phi) is 5.75. The number of fused-ring (bicyclic) bond motifs is 1. The van der Waals surface area contributed by atoms with Gasteiger partial charge in [0.1, 0.15) is 5.75 Å². The van der Waals surface area contributed by atoms with Crippen LogP contribution in [0.2, 0.25) is 0 Å². The van der Waals surface area contributed by atoms with Crippen molar-refractivity contribution in [2.75, 3.05) is 0 Å². The van der Waals surface area contributed by atoms with Crippen LogP contribution < -0.4 is 15.5 Å². The molecule has 0 saturated carbocycles. The fraction of sp³-hybridized carbons (Fsp3) is 0.211. The van der Waals surface area contributed by atoms with Crippen LogP contribution in [0.3, 0.4) is 0 Å². The molecule has 1 aromatic heterocycles. The van der Waals surface area contributed by atoms with Crippen LogP contribution in [0.25, 0.3) is 10.9 Å². The minimum atomic E-state index is -2.87. The first-order valence-corrected chi connectivity index (χ1v) is 8.28. The Labute approximate surface area is 153 Å². The molecule has 2 aromatic carbocycles. The quantitative estimate of drug-likeness (QED) is 0.691. The highest BCUT2D eigenvalue weighted by molar-refractivity contribution is 5.79. The zero-order chi connectivity index (χ0) is 19.2. The van der Waals surface area contributed by atoms with Crippen LogP contribution in [-0.4, -0.2) is 22.3 Å². The summed E-state index contributed by atoms with van der Waals surface area (Å²) in [6.45, 7) is -2.27. The topological polar surface area (TPSA) is 73.2 Å². The van der Waals surface area contributed by atoms with Gasteiger partial charge in [-0.3, -0.25) is 14.3 Å². The zero-order valence-electron chi connectivity index (χ0n) is 14.3. The van der Waals surface area contributed by atoms with E-state index >= 15 is 0 Å². The molecule has 0 fully saturated rings. The van der Waals surface area contributed by atoms with Gasteiger partial charge in [0, 0.05) is 18.4 Å². The highest BCUT2D eigenvalue weighted by atomic mass is 19.3. The molecule has 0 aliphatic rings. The van der Waals surface area contributed by atoms with Crippen LogP contribution in [0, 0.1) is 0 Å². The monoisotopic (exact) mass is 373 g/mol. The average molecular weight is 373 g/mol. The molecule has 0 bridgehead atoms. The molecule has 3 rings (SSSR count). The van der Waals surface area contributed by atoms with Crippen molar-refractivity contribution >= 4 is 16.8 Å². The number of alkyl halides is 2. The van der Waals surface area contributed by atoms with Crippen molar-refractivity contribution in [1.29, 1.82) is 0 Å². The van der Waals surface area contributed by atoms with Crippen LogP contribution >= 0.6 is 0 Å². The second kappa shape index (κ2) is 8.39. The van der Waals surface area contributed by atoms with E-state index in [4.69, 9.17) is 0 Å². The number of para-hydroxylation sites is 1. The number of nitrogens with one attached hydrogen (secondary N) is 1. The predicted molar refractivity (Wildman–Crippen MR) is 95.5 cm³/mol. The highest BCUT2D eigenvalue weighted by Crippen LogP contribution is 2.15. The minimum absolute atomic E-state index is 0.0660. The number of aryl methyl sites for hydroxylation is 1. The first-order chi connectivity index (χ1) is 13.0. The van der Waals surface area contributed by atoms with Gasteiger partial charge in [-0.15, -0.1) is 0 Å². The molecule has 1 N–H and O–H groups in total. The number of rotatable bonds is 7. The summed E-state index contributed by atoms with van der Waals surface area (Å²) < 4.78 is 30.1. The minimum Gasteiger partial charge on any atom is -0.435 e. The van der Waals surface area contributed by atoms with Crippen LogP contribution in [0.1, 0.15) is 12.0 Å². The van der Waals surface area contributed by atoms with Gasteiger partial charge in [0.05, 0.1) is 18.3 Å². The van der Waals surface area contributed by atoms with Gasteiger partial charge in [-0.25, -0.2) is 0 Å². The lowest BCUT2D eigenvalue weighted by Crippen LogP contribution is -2.24. The van der Waals surface area contributed by atoms with Crippen molar-refractivity contribution < 1.29 is 18.3 Å². The number of carbonyl (C=O) groups is 1. The first-order valence-electron chi connectivity index (χ1n) is 8.28. The summed E-state index contributed by atoms with van der Waals surface area (Å²) in [5.41, 5.74) is 1.27. The fourth-order valence-electron chi connectivity index (χ4n) is 2.62. The maximum absolute atomic E-state index is 12.1. The number of carbonyl (C=O) groups excluding carboxylic acids is 1. The molecule has 0 spiro atoms. The third-order valence-corrected chi connectivity index (χ3v) is 3.95. The van der Waals surface area contributed by atoms with Gasteiger partial charge in [-0.2, -0.15) is 13.9 Å². The van der Waals surface area contributed by atoms with Gasteiger partial charge < -0.3 is 10.1 Å². The van der Waals surface area contributed by atoms with E-state index < -0.39 is 6.61 Å². The SMILES string of the molecule is O=C(CCn1ncc(=O)c2ccccc21)NCc1ccc(OC(F)F)cc1. The van der Waals surface area contributed by atoms with Gasteiger partial charge in [0.25, 0.3) is 0 Å². The second-order valence-electron chi connectivity index (χ2n) is 5.80. The van der Waals surface area contributed by atoms with Crippen molar-refractivity contribution in [3.8, 4) is 5.75 Å². The Balaban J connectivity index is 1.55. The van der Waals surface area contributed by atoms with E-state index in [0.29, 0.717) is 17.4 Å². The molecular weight excluding hydrogens is 356 g/mol. The van der Waals surface area contributed by atoms with Gasteiger partial charge in [0.15, 0.2) is 0 Å². The third-order valence-electron chi connectivity index (χ3n) is 3.95. The van der Waals surface area contributed by atoms with Gasteiger partial charge in [0.2, 0.25) is 11.3 Å². The molecule has 8 heteroatoms. The van der Waals surface area contributed by atoms with Crippen LogP contribution in [0.15, 0.2) is 59.5 Å². The van der Waals surface area contributed by atoms with Crippen molar-refractivity contribution in [3.63, 3.8) is 0 Å². The Bertz CT molecular complexity index is 987. The highest BCUT2D eigenvalue weighted by Gasteiger charge is 2.07. The zero-order valence-corrected chi connectivity index (χ0v) is 14.3. The summed E-state index contributed by atoms with van der Waals surface area (Å²) in [6.07, 6.45) is 1.43. The summed E-state index contributed by atoms with van der Waals surface area (Å²) in [5.74, 6) is -0.122. The average Bonchev–Trinajstić information content (AvgIpc) is 2.67. The van der Waals surface area contributed by atoms with Crippen LogP contribution in [-0.2, 0) is 17.9 Å². The number of nitrogens with zero attached hydrogens (tertiary/aromatic N) is 2.